The van der Waals surface area contributed by atoms with Gasteiger partial charge in [-0.1, -0.05) is 11.6 Å². The van der Waals surface area contributed by atoms with E-state index in [9.17, 15) is 14.7 Å². The molecule has 2 unspecified atom stereocenters. The van der Waals surface area contributed by atoms with Crippen LogP contribution in [-0.2, 0) is 9.53 Å². The zero-order chi connectivity index (χ0) is 16.3. The van der Waals surface area contributed by atoms with E-state index in [1.165, 1.54) is 6.07 Å². The van der Waals surface area contributed by atoms with Crippen molar-refractivity contribution in [2.45, 2.75) is 25.8 Å². The summed E-state index contributed by atoms with van der Waals surface area (Å²) in [5.41, 5.74) is 1.15. The van der Waals surface area contributed by atoms with Crippen molar-refractivity contribution in [3.05, 3.63) is 32.8 Å². The maximum Gasteiger partial charge on any atom is 0.326 e. The first-order valence-corrected chi connectivity index (χ1v) is 8.14. The molecule has 2 rings (SSSR count). The molecule has 1 amide bonds. The summed E-state index contributed by atoms with van der Waals surface area (Å²) in [5.74, 6) is -1.72. The molecule has 5 nitrogen and oxygen atoms in total. The summed E-state index contributed by atoms with van der Waals surface area (Å²) >= 11 is 9.37. The van der Waals surface area contributed by atoms with E-state index >= 15 is 0 Å². The molecule has 0 bridgehead atoms. The van der Waals surface area contributed by atoms with Gasteiger partial charge in [0.15, 0.2) is 0 Å². The van der Waals surface area contributed by atoms with E-state index in [2.05, 4.69) is 21.2 Å². The second-order valence-corrected chi connectivity index (χ2v) is 6.56. The van der Waals surface area contributed by atoms with Crippen LogP contribution in [0.3, 0.4) is 0 Å². The minimum absolute atomic E-state index is 0.220. The van der Waals surface area contributed by atoms with Gasteiger partial charge in [-0.15, -0.1) is 0 Å². The van der Waals surface area contributed by atoms with E-state index in [0.717, 1.165) is 22.9 Å². The number of hydrogen-bond acceptors (Lipinski definition) is 3. The molecule has 1 heterocycles. The number of carboxylic acid groups (broad SMARTS) is 1. The van der Waals surface area contributed by atoms with Gasteiger partial charge in [0.2, 0.25) is 0 Å². The van der Waals surface area contributed by atoms with Gasteiger partial charge in [0.1, 0.15) is 6.04 Å². The molecule has 0 radical (unpaired) electrons. The molecule has 0 saturated carbocycles. The van der Waals surface area contributed by atoms with E-state index in [0.29, 0.717) is 23.8 Å². The highest BCUT2D eigenvalue weighted by molar-refractivity contribution is 9.10. The molecule has 2 atom stereocenters. The third kappa shape index (κ3) is 4.00. The number of carboxylic acids is 1. The lowest BCUT2D eigenvalue weighted by atomic mass is 9.93. The van der Waals surface area contributed by atoms with Crippen molar-refractivity contribution in [3.8, 4) is 0 Å². The molecule has 1 aromatic carbocycles. The number of rotatable bonds is 4. The Morgan fingerprint density at radius 3 is 2.77 bits per heavy atom. The summed E-state index contributed by atoms with van der Waals surface area (Å²) in [5, 5.41) is 12.4. The van der Waals surface area contributed by atoms with Crippen molar-refractivity contribution < 1.29 is 19.4 Å². The number of ether oxygens (including phenoxy) is 1. The lowest BCUT2D eigenvalue weighted by Crippen LogP contribution is -2.48. The maximum atomic E-state index is 12.3. The molecule has 120 valence electrons. The average molecular weight is 391 g/mol. The van der Waals surface area contributed by atoms with Gasteiger partial charge in [0.05, 0.1) is 11.6 Å². The van der Waals surface area contributed by atoms with Gasteiger partial charge in [-0.3, -0.25) is 4.79 Å². The monoisotopic (exact) mass is 389 g/mol. The Labute approximate surface area is 142 Å². The number of aliphatic carboxylic acids is 1. The number of aryl methyl sites for hydroxylation is 1. The number of nitrogens with one attached hydrogen (secondary N) is 1. The Kier molecular flexibility index (Phi) is 5.83. The molecule has 1 saturated heterocycles. The van der Waals surface area contributed by atoms with Crippen LogP contribution in [0.2, 0.25) is 5.02 Å². The van der Waals surface area contributed by atoms with Crippen LogP contribution in [0.25, 0.3) is 0 Å². The Balaban J connectivity index is 2.16. The van der Waals surface area contributed by atoms with Crippen molar-refractivity contribution in [2.24, 2.45) is 5.92 Å². The van der Waals surface area contributed by atoms with Crippen LogP contribution < -0.4 is 5.32 Å². The lowest BCUT2D eigenvalue weighted by molar-refractivity contribution is -0.142. The van der Waals surface area contributed by atoms with Gasteiger partial charge in [-0.25, -0.2) is 4.79 Å². The molecule has 1 aliphatic heterocycles. The molecule has 7 heteroatoms. The molecule has 1 aromatic rings. The van der Waals surface area contributed by atoms with Crippen molar-refractivity contribution in [1.82, 2.24) is 5.32 Å². The zero-order valence-corrected chi connectivity index (χ0v) is 14.4. The molecule has 0 aromatic heterocycles. The van der Waals surface area contributed by atoms with Crippen molar-refractivity contribution in [3.63, 3.8) is 0 Å². The summed E-state index contributed by atoms with van der Waals surface area (Å²) < 4.78 is 6.04. The molecule has 0 spiro atoms. The minimum atomic E-state index is -1.05. The normalized spacial score (nSPS) is 19.5. The summed E-state index contributed by atoms with van der Waals surface area (Å²) in [7, 11) is 0. The number of halogens is 2. The summed E-state index contributed by atoms with van der Waals surface area (Å²) in [6.07, 6.45) is 1.52. The van der Waals surface area contributed by atoms with Crippen LogP contribution in [0.5, 0.6) is 0 Å². The standard InChI is InChI=1S/C15H17BrClNO4/c1-8-5-10(6-11(17)12(8)16)14(19)18-13(15(20)21)9-3-2-4-22-7-9/h5-6,9,13H,2-4,7H2,1H3,(H,18,19)(H,20,21). The molecule has 22 heavy (non-hydrogen) atoms. The first-order valence-electron chi connectivity index (χ1n) is 6.97. The van der Waals surface area contributed by atoms with Gasteiger partial charge in [0, 0.05) is 22.6 Å². The van der Waals surface area contributed by atoms with Crippen LogP contribution in [0.15, 0.2) is 16.6 Å². The molecular weight excluding hydrogens is 374 g/mol. The van der Waals surface area contributed by atoms with Gasteiger partial charge >= 0.3 is 5.97 Å². The highest BCUT2D eigenvalue weighted by Gasteiger charge is 2.31. The molecule has 0 aliphatic carbocycles. The van der Waals surface area contributed by atoms with Gasteiger partial charge < -0.3 is 15.2 Å². The molecule has 1 aliphatic rings. The van der Waals surface area contributed by atoms with Gasteiger partial charge in [0.25, 0.3) is 5.91 Å². The van der Waals surface area contributed by atoms with Gasteiger partial charge in [-0.2, -0.15) is 0 Å². The van der Waals surface area contributed by atoms with E-state index < -0.39 is 17.9 Å². The van der Waals surface area contributed by atoms with Crippen LogP contribution >= 0.6 is 27.5 Å². The number of carbonyl (C=O) groups excluding carboxylic acids is 1. The zero-order valence-electron chi connectivity index (χ0n) is 12.1. The maximum absolute atomic E-state index is 12.3. The van der Waals surface area contributed by atoms with Crippen molar-refractivity contribution in [1.29, 1.82) is 0 Å². The van der Waals surface area contributed by atoms with Crippen molar-refractivity contribution in [2.75, 3.05) is 13.2 Å². The Morgan fingerprint density at radius 2 is 2.23 bits per heavy atom. The SMILES string of the molecule is Cc1cc(C(=O)NC(C(=O)O)C2CCCOC2)cc(Cl)c1Br. The quantitative estimate of drug-likeness (QED) is 0.828. The van der Waals surface area contributed by atoms with E-state index in [4.69, 9.17) is 16.3 Å². The first-order chi connectivity index (χ1) is 10.4. The van der Waals surface area contributed by atoms with E-state index in [1.807, 2.05) is 6.92 Å². The second-order valence-electron chi connectivity index (χ2n) is 5.36. The summed E-state index contributed by atoms with van der Waals surface area (Å²) in [4.78, 5) is 23.8. The predicted molar refractivity (Wildman–Crippen MR) is 86.3 cm³/mol. The smallest absolute Gasteiger partial charge is 0.326 e. The van der Waals surface area contributed by atoms with Crippen LogP contribution in [0.1, 0.15) is 28.8 Å². The topological polar surface area (TPSA) is 75.6 Å². The number of carbonyl (C=O) groups is 2. The van der Waals surface area contributed by atoms with Crippen LogP contribution in [0.4, 0.5) is 0 Å². The first kappa shape index (κ1) is 17.2. The fourth-order valence-electron chi connectivity index (χ4n) is 2.49. The molecule has 2 N–H and O–H groups in total. The summed E-state index contributed by atoms with van der Waals surface area (Å²) in [6.45, 7) is 2.80. The van der Waals surface area contributed by atoms with Crippen molar-refractivity contribution >= 4 is 39.4 Å². The Hall–Kier alpha value is -1.11. The molecular formula is C15H17BrClNO4. The minimum Gasteiger partial charge on any atom is -0.480 e. The fraction of sp³-hybridized carbons (Fsp3) is 0.467. The third-order valence-corrected chi connectivity index (χ3v) is 5.27. The number of benzene rings is 1. The highest BCUT2D eigenvalue weighted by Crippen LogP contribution is 2.27. The number of amides is 1. The highest BCUT2D eigenvalue weighted by atomic mass is 79.9. The van der Waals surface area contributed by atoms with E-state index in [-0.39, 0.29) is 5.92 Å². The third-order valence-electron chi connectivity index (χ3n) is 3.69. The largest absolute Gasteiger partial charge is 0.480 e. The van der Waals surface area contributed by atoms with Crippen LogP contribution in [0, 0.1) is 12.8 Å². The second kappa shape index (κ2) is 7.44. The average Bonchev–Trinajstić information content (AvgIpc) is 2.50. The summed E-state index contributed by atoms with van der Waals surface area (Å²) in [6, 6.07) is 2.22. The van der Waals surface area contributed by atoms with Gasteiger partial charge in [-0.05, 0) is 53.4 Å². The number of hydrogen-bond donors (Lipinski definition) is 2. The van der Waals surface area contributed by atoms with Crippen LogP contribution in [-0.4, -0.2) is 36.2 Å². The van der Waals surface area contributed by atoms with E-state index in [1.54, 1.807) is 6.07 Å². The Bertz CT molecular complexity index is 564. The lowest BCUT2D eigenvalue weighted by Gasteiger charge is -2.28. The molecule has 1 fully saturated rings. The predicted octanol–water partition coefficient (Wildman–Crippen LogP) is 3.02. The fourth-order valence-corrected chi connectivity index (χ4v) is 2.99. The Morgan fingerprint density at radius 1 is 1.50 bits per heavy atom.